The summed E-state index contributed by atoms with van der Waals surface area (Å²) in [5, 5.41) is 3.99. The lowest BCUT2D eigenvalue weighted by molar-refractivity contribution is 0.174. The molecular formula is C22H22ClFN6O2. The minimum absolute atomic E-state index is 0.00680. The van der Waals surface area contributed by atoms with Crippen molar-refractivity contribution in [3.8, 4) is 5.69 Å². The number of carbonyl (C=O) groups is 1. The van der Waals surface area contributed by atoms with E-state index in [9.17, 15) is 9.18 Å². The van der Waals surface area contributed by atoms with Gasteiger partial charge in [0.15, 0.2) is 0 Å². The first-order chi connectivity index (χ1) is 15.4. The summed E-state index contributed by atoms with van der Waals surface area (Å²) in [6.45, 7) is 3.37. The Labute approximate surface area is 189 Å². The number of hydrogen-bond donors (Lipinski definition) is 1. The van der Waals surface area contributed by atoms with Crippen LogP contribution in [0.15, 0.2) is 36.8 Å². The second-order valence-electron chi connectivity index (χ2n) is 8.02. The Morgan fingerprint density at radius 2 is 2.09 bits per heavy atom. The van der Waals surface area contributed by atoms with E-state index >= 15 is 0 Å². The molecule has 2 aromatic heterocycles. The van der Waals surface area contributed by atoms with E-state index in [1.54, 1.807) is 6.07 Å². The molecule has 10 heteroatoms. The molecular weight excluding hydrogens is 435 g/mol. The molecule has 1 fully saturated rings. The molecule has 1 N–H and O–H groups in total. The Bertz CT molecular complexity index is 1180. The van der Waals surface area contributed by atoms with Gasteiger partial charge in [0.05, 0.1) is 23.8 Å². The maximum atomic E-state index is 13.9. The first-order valence-electron chi connectivity index (χ1n) is 10.5. The first-order valence-corrected chi connectivity index (χ1v) is 10.8. The lowest BCUT2D eigenvalue weighted by Crippen LogP contribution is -2.39. The highest BCUT2D eigenvalue weighted by molar-refractivity contribution is 6.30. The van der Waals surface area contributed by atoms with Gasteiger partial charge in [-0.25, -0.2) is 19.2 Å². The number of imidazole rings is 1. The van der Waals surface area contributed by atoms with Gasteiger partial charge in [-0.3, -0.25) is 4.90 Å². The second-order valence-corrected chi connectivity index (χ2v) is 8.45. The zero-order valence-electron chi connectivity index (χ0n) is 17.6. The quantitative estimate of drug-likeness (QED) is 0.617. The largest absolute Gasteiger partial charge is 0.447 e. The Morgan fingerprint density at radius 3 is 2.91 bits per heavy atom. The smallest absolute Gasteiger partial charge is 0.416 e. The van der Waals surface area contributed by atoms with Gasteiger partial charge in [-0.1, -0.05) is 11.6 Å². The fraction of sp³-hybridized carbons (Fsp3) is 0.364. The minimum Gasteiger partial charge on any atom is -0.447 e. The Balaban J connectivity index is 1.39. The molecule has 0 aliphatic carbocycles. The predicted molar refractivity (Wildman–Crippen MR) is 118 cm³/mol. The van der Waals surface area contributed by atoms with Crippen molar-refractivity contribution in [1.29, 1.82) is 0 Å². The van der Waals surface area contributed by atoms with Crippen LogP contribution in [0.25, 0.3) is 5.69 Å². The number of ether oxygens (including phenoxy) is 1. The average Bonchev–Trinajstić information content (AvgIpc) is 3.37. The number of halogens is 2. The number of aromatic nitrogens is 4. The number of nitrogens with zero attached hydrogens (tertiary/aromatic N) is 5. The van der Waals surface area contributed by atoms with E-state index in [1.165, 1.54) is 23.6 Å². The number of hydrogen-bond acceptors (Lipinski definition) is 6. The van der Waals surface area contributed by atoms with E-state index in [0.717, 1.165) is 34.9 Å². The van der Waals surface area contributed by atoms with E-state index in [4.69, 9.17) is 16.3 Å². The standard InChI is InChI=1S/C22H22ClFN6O2/c1-12(24)18-10-32-22(31)30(18)19-7-8-25-21(28-19)27-13(2)20-17-5-3-14-9-15(23)4-6-16(14)29(17)11-26-20/h4,6-9,11-13,18H,3,5,10H2,1-2H3,(H,25,27,28)/t12?,13?,18-/m1/s1. The summed E-state index contributed by atoms with van der Waals surface area (Å²) < 4.78 is 21.1. The molecule has 2 aliphatic heterocycles. The maximum absolute atomic E-state index is 13.9. The highest BCUT2D eigenvalue weighted by Gasteiger charge is 2.39. The second kappa shape index (κ2) is 8.05. The number of fused-ring (bicyclic) bond motifs is 3. The highest BCUT2D eigenvalue weighted by atomic mass is 35.5. The molecule has 1 saturated heterocycles. The van der Waals surface area contributed by atoms with Crippen LogP contribution in [-0.4, -0.2) is 44.4 Å². The molecule has 166 valence electrons. The molecule has 2 aliphatic rings. The van der Waals surface area contributed by atoms with Gasteiger partial charge in [0, 0.05) is 16.9 Å². The van der Waals surface area contributed by atoms with E-state index in [2.05, 4.69) is 24.8 Å². The van der Waals surface area contributed by atoms with Gasteiger partial charge < -0.3 is 14.6 Å². The van der Waals surface area contributed by atoms with Crippen molar-refractivity contribution in [2.45, 2.75) is 44.9 Å². The topological polar surface area (TPSA) is 85.2 Å². The van der Waals surface area contributed by atoms with Crippen LogP contribution in [0.2, 0.25) is 5.02 Å². The molecule has 5 rings (SSSR count). The number of aryl methyl sites for hydroxylation is 1. The number of cyclic esters (lactones) is 1. The van der Waals surface area contributed by atoms with Gasteiger partial charge >= 0.3 is 6.09 Å². The minimum atomic E-state index is -1.25. The van der Waals surface area contributed by atoms with Crippen molar-refractivity contribution in [2.24, 2.45) is 0 Å². The van der Waals surface area contributed by atoms with Crippen molar-refractivity contribution in [1.82, 2.24) is 19.5 Å². The number of nitrogens with one attached hydrogen (secondary N) is 1. The zero-order chi connectivity index (χ0) is 22.4. The first kappa shape index (κ1) is 20.7. The molecule has 8 nitrogen and oxygen atoms in total. The number of carbonyl (C=O) groups excluding carboxylic acids is 1. The third-order valence-electron chi connectivity index (χ3n) is 5.91. The number of benzene rings is 1. The summed E-state index contributed by atoms with van der Waals surface area (Å²) in [6, 6.07) is 6.56. The van der Waals surface area contributed by atoms with E-state index in [0.29, 0.717) is 11.8 Å². The molecule has 0 bridgehead atoms. The summed E-state index contributed by atoms with van der Waals surface area (Å²) in [5.74, 6) is 0.620. The number of rotatable bonds is 5. The third-order valence-corrected chi connectivity index (χ3v) is 6.15. The van der Waals surface area contributed by atoms with Crippen molar-refractivity contribution >= 4 is 29.5 Å². The lowest BCUT2D eigenvalue weighted by atomic mass is 9.99. The Morgan fingerprint density at radius 1 is 1.25 bits per heavy atom. The van der Waals surface area contributed by atoms with Crippen LogP contribution in [-0.2, 0) is 17.6 Å². The molecule has 0 spiro atoms. The molecule has 3 atom stereocenters. The average molecular weight is 457 g/mol. The van der Waals surface area contributed by atoms with Gasteiger partial charge in [-0.05, 0) is 56.5 Å². The Hall–Kier alpha value is -3.20. The van der Waals surface area contributed by atoms with E-state index in [-0.39, 0.29) is 12.6 Å². The van der Waals surface area contributed by atoms with Crippen LogP contribution in [0.3, 0.4) is 0 Å². The van der Waals surface area contributed by atoms with Crippen LogP contribution in [0, 0.1) is 0 Å². The number of anilines is 2. The summed E-state index contributed by atoms with van der Waals surface area (Å²) in [6.07, 6.45) is 3.21. The predicted octanol–water partition coefficient (Wildman–Crippen LogP) is 4.27. The molecule has 4 heterocycles. The molecule has 0 radical (unpaired) electrons. The SMILES string of the molecule is CC(Nc1nccc(N2C(=O)OC[C@@H]2C(C)F)n1)c1ncn2c1CCc1cc(Cl)ccc1-2. The highest BCUT2D eigenvalue weighted by Crippen LogP contribution is 2.31. The summed E-state index contributed by atoms with van der Waals surface area (Å²) in [5.41, 5.74) is 4.29. The molecule has 3 aromatic rings. The number of alkyl halides is 1. The maximum Gasteiger partial charge on any atom is 0.416 e. The van der Waals surface area contributed by atoms with Gasteiger partial charge in [0.1, 0.15) is 24.6 Å². The van der Waals surface area contributed by atoms with Crippen molar-refractivity contribution in [3.05, 3.63) is 58.8 Å². The van der Waals surface area contributed by atoms with Crippen LogP contribution in [0.1, 0.15) is 36.8 Å². The molecule has 1 amide bonds. The summed E-state index contributed by atoms with van der Waals surface area (Å²) in [4.78, 5) is 26.7. The molecule has 2 unspecified atom stereocenters. The third kappa shape index (κ3) is 3.56. The zero-order valence-corrected chi connectivity index (χ0v) is 18.4. The molecule has 1 aromatic carbocycles. The van der Waals surface area contributed by atoms with E-state index in [1.807, 2.05) is 31.5 Å². The summed E-state index contributed by atoms with van der Waals surface area (Å²) in [7, 11) is 0. The van der Waals surface area contributed by atoms with Gasteiger partial charge in [-0.15, -0.1) is 0 Å². The molecule has 32 heavy (non-hydrogen) atoms. The number of amides is 1. The van der Waals surface area contributed by atoms with Gasteiger partial charge in [-0.2, -0.15) is 4.98 Å². The van der Waals surface area contributed by atoms with Crippen LogP contribution >= 0.6 is 11.6 Å². The molecule has 0 saturated carbocycles. The van der Waals surface area contributed by atoms with Gasteiger partial charge in [0.25, 0.3) is 0 Å². The Kier molecular flexibility index (Phi) is 5.21. The fourth-order valence-electron chi connectivity index (χ4n) is 4.30. The van der Waals surface area contributed by atoms with Crippen LogP contribution in [0.5, 0.6) is 0 Å². The van der Waals surface area contributed by atoms with Crippen LogP contribution < -0.4 is 10.2 Å². The van der Waals surface area contributed by atoms with E-state index < -0.39 is 18.3 Å². The van der Waals surface area contributed by atoms with Crippen molar-refractivity contribution in [3.63, 3.8) is 0 Å². The van der Waals surface area contributed by atoms with Gasteiger partial charge in [0.2, 0.25) is 5.95 Å². The summed E-state index contributed by atoms with van der Waals surface area (Å²) >= 11 is 6.14. The fourth-order valence-corrected chi connectivity index (χ4v) is 4.49. The van der Waals surface area contributed by atoms with Crippen molar-refractivity contribution in [2.75, 3.05) is 16.8 Å². The normalized spacial score (nSPS) is 19.2. The lowest BCUT2D eigenvalue weighted by Gasteiger charge is -2.23. The van der Waals surface area contributed by atoms with Crippen LogP contribution in [0.4, 0.5) is 21.0 Å². The van der Waals surface area contributed by atoms with Crippen molar-refractivity contribution < 1.29 is 13.9 Å². The monoisotopic (exact) mass is 456 g/mol.